The summed E-state index contributed by atoms with van der Waals surface area (Å²) < 4.78 is 0. The minimum absolute atomic E-state index is 0.00153. The molecular formula is C13H18N2O3. The molecule has 0 aliphatic heterocycles. The summed E-state index contributed by atoms with van der Waals surface area (Å²) in [6.45, 7) is 3.31. The molecular weight excluding hydrogens is 232 g/mol. The fraction of sp³-hybridized carbons (Fsp3) is 0.385. The summed E-state index contributed by atoms with van der Waals surface area (Å²) in [4.78, 5) is 22.5. The van der Waals surface area contributed by atoms with E-state index in [-0.39, 0.29) is 24.8 Å². The number of benzene rings is 1. The number of rotatable bonds is 5. The van der Waals surface area contributed by atoms with Crippen LogP contribution in [0, 0.1) is 6.92 Å². The van der Waals surface area contributed by atoms with Gasteiger partial charge in [0.25, 0.3) is 0 Å². The van der Waals surface area contributed by atoms with Gasteiger partial charge in [-0.3, -0.25) is 9.59 Å². The lowest BCUT2D eigenvalue weighted by atomic mass is 10.1. The number of hydrogen-bond donors (Lipinski definition) is 3. The molecule has 0 aliphatic rings. The van der Waals surface area contributed by atoms with Crippen LogP contribution in [-0.2, 0) is 9.59 Å². The summed E-state index contributed by atoms with van der Waals surface area (Å²) in [6, 6.07) is 5.32. The minimum Gasteiger partial charge on any atom is -0.396 e. The van der Waals surface area contributed by atoms with Gasteiger partial charge in [-0.15, -0.1) is 0 Å². The first-order valence-electron chi connectivity index (χ1n) is 5.82. The van der Waals surface area contributed by atoms with E-state index in [4.69, 9.17) is 5.11 Å². The summed E-state index contributed by atoms with van der Waals surface area (Å²) in [5.74, 6) is -0.302. The van der Waals surface area contributed by atoms with Gasteiger partial charge in [0.1, 0.15) is 0 Å². The molecule has 5 nitrogen and oxygen atoms in total. The Kier molecular flexibility index (Phi) is 5.32. The molecule has 3 N–H and O–H groups in total. The van der Waals surface area contributed by atoms with Crippen LogP contribution in [-0.4, -0.2) is 23.5 Å². The number of anilines is 2. The highest BCUT2D eigenvalue weighted by Gasteiger charge is 2.05. The summed E-state index contributed by atoms with van der Waals surface area (Å²) in [5, 5.41) is 14.0. The summed E-state index contributed by atoms with van der Waals surface area (Å²) in [6.07, 6.45) is 0.718. The molecule has 0 spiro atoms. The van der Waals surface area contributed by atoms with Crippen molar-refractivity contribution < 1.29 is 14.7 Å². The number of aryl methyl sites for hydroxylation is 1. The number of amides is 2. The second-order valence-electron chi connectivity index (χ2n) is 4.09. The Balaban J connectivity index is 2.72. The SMILES string of the molecule is CC(=O)Nc1cc(NC(=O)CCCO)ccc1C. The number of hydrogen-bond acceptors (Lipinski definition) is 3. The van der Waals surface area contributed by atoms with Crippen molar-refractivity contribution in [3.63, 3.8) is 0 Å². The van der Waals surface area contributed by atoms with Crippen molar-refractivity contribution in [3.05, 3.63) is 23.8 Å². The normalized spacial score (nSPS) is 9.94. The number of aliphatic hydroxyl groups excluding tert-OH is 1. The molecule has 0 aromatic heterocycles. The van der Waals surface area contributed by atoms with E-state index >= 15 is 0 Å². The fourth-order valence-electron chi connectivity index (χ4n) is 1.49. The third-order valence-electron chi connectivity index (χ3n) is 2.39. The molecule has 1 aromatic carbocycles. The van der Waals surface area contributed by atoms with Crippen molar-refractivity contribution in [2.45, 2.75) is 26.7 Å². The number of nitrogens with one attached hydrogen (secondary N) is 2. The molecule has 18 heavy (non-hydrogen) atoms. The first-order chi connectivity index (χ1) is 8.52. The van der Waals surface area contributed by atoms with Crippen molar-refractivity contribution >= 4 is 23.2 Å². The van der Waals surface area contributed by atoms with Crippen molar-refractivity contribution in [2.24, 2.45) is 0 Å². The Labute approximate surface area is 106 Å². The molecule has 5 heteroatoms. The maximum atomic E-state index is 11.5. The Morgan fingerprint density at radius 3 is 2.61 bits per heavy atom. The highest BCUT2D eigenvalue weighted by molar-refractivity contribution is 5.93. The van der Waals surface area contributed by atoms with E-state index in [0.29, 0.717) is 17.8 Å². The highest BCUT2D eigenvalue weighted by atomic mass is 16.3. The maximum absolute atomic E-state index is 11.5. The van der Waals surface area contributed by atoms with Crippen molar-refractivity contribution in [1.29, 1.82) is 0 Å². The van der Waals surface area contributed by atoms with E-state index in [1.165, 1.54) is 6.92 Å². The average molecular weight is 250 g/mol. The first kappa shape index (κ1) is 14.2. The van der Waals surface area contributed by atoms with E-state index in [2.05, 4.69) is 10.6 Å². The van der Waals surface area contributed by atoms with Crippen molar-refractivity contribution in [3.8, 4) is 0 Å². The van der Waals surface area contributed by atoms with Crippen LogP contribution in [0.5, 0.6) is 0 Å². The van der Waals surface area contributed by atoms with E-state index in [9.17, 15) is 9.59 Å². The van der Waals surface area contributed by atoms with Crippen LogP contribution in [0.2, 0.25) is 0 Å². The molecule has 0 unspecified atom stereocenters. The minimum atomic E-state index is -0.151. The average Bonchev–Trinajstić information content (AvgIpc) is 2.30. The maximum Gasteiger partial charge on any atom is 0.224 e. The largest absolute Gasteiger partial charge is 0.396 e. The Morgan fingerprint density at radius 1 is 1.28 bits per heavy atom. The van der Waals surface area contributed by atoms with Crippen LogP contribution >= 0.6 is 0 Å². The summed E-state index contributed by atoms with van der Waals surface area (Å²) >= 11 is 0. The van der Waals surface area contributed by atoms with Gasteiger partial charge in [-0.05, 0) is 31.0 Å². The lowest BCUT2D eigenvalue weighted by Gasteiger charge is -2.10. The molecule has 0 atom stereocenters. The lowest BCUT2D eigenvalue weighted by molar-refractivity contribution is -0.116. The summed E-state index contributed by atoms with van der Waals surface area (Å²) in [5.41, 5.74) is 2.24. The Bertz CT molecular complexity index is 444. The molecule has 0 saturated carbocycles. The van der Waals surface area contributed by atoms with Gasteiger partial charge < -0.3 is 15.7 Å². The zero-order valence-corrected chi connectivity index (χ0v) is 10.6. The second-order valence-corrected chi connectivity index (χ2v) is 4.09. The van der Waals surface area contributed by atoms with Crippen molar-refractivity contribution in [1.82, 2.24) is 0 Å². The van der Waals surface area contributed by atoms with E-state index < -0.39 is 0 Å². The van der Waals surface area contributed by atoms with Crippen LogP contribution in [0.4, 0.5) is 11.4 Å². The van der Waals surface area contributed by atoms with Crippen LogP contribution in [0.25, 0.3) is 0 Å². The van der Waals surface area contributed by atoms with Crippen LogP contribution < -0.4 is 10.6 Å². The molecule has 1 rings (SSSR count). The van der Waals surface area contributed by atoms with Gasteiger partial charge in [-0.25, -0.2) is 0 Å². The quantitative estimate of drug-likeness (QED) is 0.743. The molecule has 0 heterocycles. The topological polar surface area (TPSA) is 78.4 Å². The Hall–Kier alpha value is -1.88. The Morgan fingerprint density at radius 2 is 2.00 bits per heavy atom. The number of carbonyl (C=O) groups is 2. The van der Waals surface area contributed by atoms with Crippen LogP contribution in [0.15, 0.2) is 18.2 Å². The molecule has 0 aliphatic carbocycles. The molecule has 0 saturated heterocycles. The van der Waals surface area contributed by atoms with Gasteiger partial charge >= 0.3 is 0 Å². The number of aliphatic hydroxyl groups is 1. The van der Waals surface area contributed by atoms with Gasteiger partial charge in [-0.1, -0.05) is 6.07 Å². The monoisotopic (exact) mass is 250 g/mol. The van der Waals surface area contributed by atoms with Gasteiger partial charge in [0.05, 0.1) is 0 Å². The fourth-order valence-corrected chi connectivity index (χ4v) is 1.49. The number of carbonyl (C=O) groups excluding carboxylic acids is 2. The zero-order chi connectivity index (χ0) is 13.5. The van der Waals surface area contributed by atoms with Crippen molar-refractivity contribution in [2.75, 3.05) is 17.2 Å². The summed E-state index contributed by atoms with van der Waals surface area (Å²) in [7, 11) is 0. The third kappa shape index (κ3) is 4.55. The predicted molar refractivity (Wildman–Crippen MR) is 70.4 cm³/mol. The molecule has 0 bridgehead atoms. The molecule has 1 aromatic rings. The smallest absolute Gasteiger partial charge is 0.224 e. The van der Waals surface area contributed by atoms with Crippen LogP contribution in [0.1, 0.15) is 25.3 Å². The molecule has 2 amide bonds. The standard InChI is InChI=1S/C13H18N2O3/c1-9-5-6-11(8-12(9)14-10(2)17)15-13(18)4-3-7-16/h5-6,8,16H,3-4,7H2,1-2H3,(H,14,17)(H,15,18). The van der Waals surface area contributed by atoms with Gasteiger partial charge in [0.15, 0.2) is 0 Å². The van der Waals surface area contributed by atoms with Gasteiger partial charge in [-0.2, -0.15) is 0 Å². The van der Waals surface area contributed by atoms with E-state index in [0.717, 1.165) is 5.56 Å². The van der Waals surface area contributed by atoms with Gasteiger partial charge in [0, 0.05) is 31.3 Å². The molecule has 0 radical (unpaired) electrons. The van der Waals surface area contributed by atoms with Crippen LogP contribution in [0.3, 0.4) is 0 Å². The third-order valence-corrected chi connectivity index (χ3v) is 2.39. The lowest BCUT2D eigenvalue weighted by Crippen LogP contribution is -2.13. The highest BCUT2D eigenvalue weighted by Crippen LogP contribution is 2.20. The predicted octanol–water partition coefficient (Wildman–Crippen LogP) is 1.66. The zero-order valence-electron chi connectivity index (χ0n) is 10.6. The molecule has 98 valence electrons. The van der Waals surface area contributed by atoms with E-state index in [1.807, 2.05) is 13.0 Å². The second kappa shape index (κ2) is 6.76. The van der Waals surface area contributed by atoms with E-state index in [1.54, 1.807) is 12.1 Å². The molecule has 0 fully saturated rings. The first-order valence-corrected chi connectivity index (χ1v) is 5.82. The van der Waals surface area contributed by atoms with Gasteiger partial charge in [0.2, 0.25) is 11.8 Å².